The van der Waals surface area contributed by atoms with Crippen molar-refractivity contribution in [3.05, 3.63) is 42.4 Å². The molecule has 2 aromatic rings. The summed E-state index contributed by atoms with van der Waals surface area (Å²) in [5.74, 6) is 3.38. The van der Waals surface area contributed by atoms with E-state index in [0.29, 0.717) is 24.5 Å². The molecule has 2 amide bonds. The molecule has 4 bridgehead atoms. The lowest BCUT2D eigenvalue weighted by atomic mass is 9.49. The molecule has 0 saturated heterocycles. The topological polar surface area (TPSA) is 84.2 Å². The van der Waals surface area contributed by atoms with Gasteiger partial charge >= 0.3 is 0 Å². The van der Waals surface area contributed by atoms with Crippen molar-refractivity contribution in [2.45, 2.75) is 57.8 Å². The van der Waals surface area contributed by atoms with Gasteiger partial charge in [0.2, 0.25) is 11.8 Å². The van der Waals surface area contributed by atoms with E-state index in [1.165, 1.54) is 38.5 Å². The maximum atomic E-state index is 12.5. The quantitative estimate of drug-likeness (QED) is 0.708. The Morgan fingerprint density at radius 3 is 2.27 bits per heavy atom. The van der Waals surface area contributed by atoms with Crippen LogP contribution >= 0.6 is 0 Å². The number of carbonyl (C=O) groups is 2. The third-order valence-corrected chi connectivity index (χ3v) is 7.22. The molecule has 1 aromatic carbocycles. The van der Waals surface area contributed by atoms with E-state index in [-0.39, 0.29) is 23.7 Å². The highest BCUT2D eigenvalue weighted by molar-refractivity contribution is 5.82. The molecule has 1 heterocycles. The van der Waals surface area contributed by atoms with E-state index in [1.54, 1.807) is 6.20 Å². The van der Waals surface area contributed by atoms with Crippen LogP contribution in [0.4, 0.5) is 0 Å². The molecule has 0 unspecified atom stereocenters. The lowest BCUT2D eigenvalue weighted by molar-refractivity contribution is -0.134. The predicted octanol–water partition coefficient (Wildman–Crippen LogP) is 4.03. The molecular weight excluding hydrogens is 378 g/mol. The summed E-state index contributed by atoms with van der Waals surface area (Å²) in [6.07, 6.45) is 10.5. The summed E-state index contributed by atoms with van der Waals surface area (Å²) in [5.41, 5.74) is 6.33. The smallest absolute Gasteiger partial charge is 0.238 e. The van der Waals surface area contributed by atoms with Gasteiger partial charge in [0.15, 0.2) is 11.7 Å². The number of aryl methyl sites for hydroxylation is 1. The number of oxazole rings is 1. The fraction of sp³-hybridized carbons (Fsp3) is 0.542. The Kier molecular flexibility index (Phi) is 5.09. The zero-order valence-corrected chi connectivity index (χ0v) is 17.2. The molecule has 4 saturated carbocycles. The average Bonchev–Trinajstić information content (AvgIpc) is 3.19. The molecule has 6 nitrogen and oxygen atoms in total. The second-order valence-corrected chi connectivity index (χ2v) is 9.67. The number of carbonyl (C=O) groups excluding carboxylic acids is 2. The van der Waals surface area contributed by atoms with Crippen molar-refractivity contribution in [1.82, 2.24) is 15.8 Å². The molecule has 2 N–H and O–H groups in total. The Labute approximate surface area is 176 Å². The highest BCUT2D eigenvalue weighted by atomic mass is 16.4. The maximum absolute atomic E-state index is 12.5. The van der Waals surface area contributed by atoms with E-state index >= 15 is 0 Å². The lowest BCUT2D eigenvalue weighted by Gasteiger charge is -2.56. The number of hydrogen-bond acceptors (Lipinski definition) is 4. The van der Waals surface area contributed by atoms with Crippen LogP contribution in [0.25, 0.3) is 11.3 Å². The minimum absolute atomic E-state index is 0.0622. The van der Waals surface area contributed by atoms with E-state index < -0.39 is 0 Å². The predicted molar refractivity (Wildman–Crippen MR) is 112 cm³/mol. The SMILES string of the molecule is O=C(CCc1ncc(-c2ccccc2)o1)NNC(=O)CC12CC3CC(CC(C3)C1)C2. The molecular formula is C24H29N3O3. The zero-order chi connectivity index (χ0) is 20.6. The summed E-state index contributed by atoms with van der Waals surface area (Å²) in [6.45, 7) is 0. The van der Waals surface area contributed by atoms with Crippen molar-refractivity contribution in [2.75, 3.05) is 0 Å². The molecule has 6 rings (SSSR count). The Hall–Kier alpha value is -2.63. The van der Waals surface area contributed by atoms with Crippen LogP contribution in [0.2, 0.25) is 0 Å². The second kappa shape index (κ2) is 7.89. The molecule has 4 aliphatic rings. The second-order valence-electron chi connectivity index (χ2n) is 9.67. The van der Waals surface area contributed by atoms with E-state index in [4.69, 9.17) is 4.42 Å². The summed E-state index contributed by atoms with van der Waals surface area (Å²) in [7, 11) is 0. The Morgan fingerprint density at radius 1 is 0.967 bits per heavy atom. The first-order valence-corrected chi connectivity index (χ1v) is 11.1. The number of rotatable bonds is 6. The fourth-order valence-electron chi connectivity index (χ4n) is 6.48. The van der Waals surface area contributed by atoms with Gasteiger partial charge in [-0.2, -0.15) is 0 Å². The third kappa shape index (κ3) is 4.13. The molecule has 158 valence electrons. The number of hydrogen-bond donors (Lipinski definition) is 2. The van der Waals surface area contributed by atoms with Crippen LogP contribution in [-0.2, 0) is 16.0 Å². The largest absolute Gasteiger partial charge is 0.441 e. The van der Waals surface area contributed by atoms with Gasteiger partial charge in [-0.25, -0.2) is 4.98 Å². The summed E-state index contributed by atoms with van der Waals surface area (Å²) in [5, 5.41) is 0. The normalized spacial score (nSPS) is 29.0. The van der Waals surface area contributed by atoms with Gasteiger partial charge in [0.25, 0.3) is 0 Å². The number of benzene rings is 1. The lowest BCUT2D eigenvalue weighted by Crippen LogP contribution is -2.50. The molecule has 0 radical (unpaired) electrons. The van der Waals surface area contributed by atoms with E-state index in [1.807, 2.05) is 30.3 Å². The zero-order valence-electron chi connectivity index (χ0n) is 17.2. The number of amides is 2. The van der Waals surface area contributed by atoms with E-state index in [0.717, 1.165) is 23.3 Å². The average molecular weight is 408 g/mol. The first-order valence-electron chi connectivity index (χ1n) is 11.1. The van der Waals surface area contributed by atoms with Crippen LogP contribution in [0.5, 0.6) is 0 Å². The summed E-state index contributed by atoms with van der Waals surface area (Å²) < 4.78 is 5.73. The maximum Gasteiger partial charge on any atom is 0.238 e. The van der Waals surface area contributed by atoms with E-state index in [9.17, 15) is 9.59 Å². The summed E-state index contributed by atoms with van der Waals surface area (Å²) in [6, 6.07) is 9.74. The molecule has 0 atom stereocenters. The van der Waals surface area contributed by atoms with Gasteiger partial charge in [-0.1, -0.05) is 30.3 Å². The third-order valence-electron chi connectivity index (χ3n) is 7.22. The van der Waals surface area contributed by atoms with Crippen molar-refractivity contribution in [1.29, 1.82) is 0 Å². The molecule has 0 spiro atoms. The number of nitrogens with zero attached hydrogens (tertiary/aromatic N) is 1. The monoisotopic (exact) mass is 407 g/mol. The van der Waals surface area contributed by atoms with Crippen LogP contribution in [0.3, 0.4) is 0 Å². The van der Waals surface area contributed by atoms with Gasteiger partial charge in [0.05, 0.1) is 6.20 Å². The van der Waals surface area contributed by atoms with Crippen molar-refractivity contribution >= 4 is 11.8 Å². The number of nitrogens with one attached hydrogen (secondary N) is 2. The van der Waals surface area contributed by atoms with Gasteiger partial charge in [0.1, 0.15) is 0 Å². The van der Waals surface area contributed by atoms with Gasteiger partial charge in [-0.3, -0.25) is 20.4 Å². The molecule has 4 aliphatic carbocycles. The Morgan fingerprint density at radius 2 is 1.60 bits per heavy atom. The minimum atomic E-state index is -0.228. The van der Waals surface area contributed by atoms with Crippen molar-refractivity contribution in [2.24, 2.45) is 23.2 Å². The first-order chi connectivity index (χ1) is 14.6. The van der Waals surface area contributed by atoms with Crippen LogP contribution in [0, 0.1) is 23.2 Å². The fourth-order valence-corrected chi connectivity index (χ4v) is 6.48. The molecule has 6 heteroatoms. The highest BCUT2D eigenvalue weighted by Gasteiger charge is 2.51. The molecule has 0 aliphatic heterocycles. The first kappa shape index (κ1) is 19.3. The van der Waals surface area contributed by atoms with Crippen LogP contribution in [0.15, 0.2) is 40.9 Å². The number of aromatic nitrogens is 1. The van der Waals surface area contributed by atoms with Gasteiger partial charge in [-0.15, -0.1) is 0 Å². The van der Waals surface area contributed by atoms with Crippen molar-refractivity contribution in [3.63, 3.8) is 0 Å². The van der Waals surface area contributed by atoms with Gasteiger partial charge < -0.3 is 4.42 Å². The van der Waals surface area contributed by atoms with Crippen LogP contribution in [-0.4, -0.2) is 16.8 Å². The molecule has 30 heavy (non-hydrogen) atoms. The highest BCUT2D eigenvalue weighted by Crippen LogP contribution is 2.61. The molecule has 1 aromatic heterocycles. The Balaban J connectivity index is 1.07. The van der Waals surface area contributed by atoms with Crippen molar-refractivity contribution in [3.8, 4) is 11.3 Å². The van der Waals surface area contributed by atoms with Crippen LogP contribution < -0.4 is 10.9 Å². The van der Waals surface area contributed by atoms with Gasteiger partial charge in [0, 0.05) is 24.8 Å². The molecule has 4 fully saturated rings. The standard InChI is InChI=1S/C24H29N3O3/c28-21(6-7-23-25-15-20(30-23)19-4-2-1-3-5-19)26-27-22(29)14-24-11-16-8-17(12-24)10-18(9-16)13-24/h1-5,15-18H,6-14H2,(H,26,28)(H,27,29). The number of hydrazine groups is 1. The van der Waals surface area contributed by atoms with Gasteiger partial charge in [-0.05, 0) is 61.7 Å². The van der Waals surface area contributed by atoms with Crippen LogP contribution in [0.1, 0.15) is 57.3 Å². The summed E-state index contributed by atoms with van der Waals surface area (Å²) >= 11 is 0. The van der Waals surface area contributed by atoms with E-state index in [2.05, 4.69) is 15.8 Å². The Bertz CT molecular complexity index is 886. The van der Waals surface area contributed by atoms with Crippen molar-refractivity contribution < 1.29 is 14.0 Å². The summed E-state index contributed by atoms with van der Waals surface area (Å²) in [4.78, 5) is 28.9. The minimum Gasteiger partial charge on any atom is -0.441 e.